The van der Waals surface area contributed by atoms with Crippen LogP contribution in [0.3, 0.4) is 0 Å². The second-order valence-electron chi connectivity index (χ2n) is 6.45. The van der Waals surface area contributed by atoms with Crippen LogP contribution >= 0.6 is 11.6 Å². The van der Waals surface area contributed by atoms with Crippen molar-refractivity contribution in [3.8, 4) is 11.5 Å². The highest BCUT2D eigenvalue weighted by atomic mass is 35.5. The normalized spacial score (nSPS) is 18.1. The van der Waals surface area contributed by atoms with Crippen LogP contribution < -0.4 is 0 Å². The van der Waals surface area contributed by atoms with Crippen LogP contribution in [0.25, 0.3) is 17.1 Å². The van der Waals surface area contributed by atoms with Crippen molar-refractivity contribution in [3.05, 3.63) is 41.1 Å². The predicted octanol–water partition coefficient (Wildman–Crippen LogP) is 2.40. The highest BCUT2D eigenvalue weighted by molar-refractivity contribution is 7.89. The molecule has 150 valence electrons. The van der Waals surface area contributed by atoms with Gasteiger partial charge in [0.25, 0.3) is 0 Å². The maximum absolute atomic E-state index is 13.0. The number of rotatable bonds is 6. The van der Waals surface area contributed by atoms with Crippen LogP contribution in [0.5, 0.6) is 0 Å². The van der Waals surface area contributed by atoms with Crippen LogP contribution in [-0.2, 0) is 14.8 Å². The number of carboxylic acids is 1. The molecule has 0 aromatic carbocycles. The number of H-pyrrole nitrogens is 1. The number of aliphatic carboxylic acids is 1. The molecule has 0 fully saturated rings. The maximum Gasteiger partial charge on any atom is 0.304 e. The van der Waals surface area contributed by atoms with Crippen molar-refractivity contribution in [2.75, 3.05) is 18.8 Å². The number of halogens is 2. The fourth-order valence-corrected chi connectivity index (χ4v) is 4.65. The Kier molecular flexibility index (Phi) is 5.82. The molecule has 1 aliphatic heterocycles. The van der Waals surface area contributed by atoms with Gasteiger partial charge in [-0.1, -0.05) is 24.6 Å². The van der Waals surface area contributed by atoms with Crippen molar-refractivity contribution >= 4 is 33.2 Å². The zero-order valence-corrected chi connectivity index (χ0v) is 16.5. The van der Waals surface area contributed by atoms with Crippen LogP contribution in [0.4, 0.5) is 4.39 Å². The monoisotopic (exact) mass is 428 g/mol. The van der Waals surface area contributed by atoms with E-state index in [1.165, 1.54) is 16.4 Å². The Morgan fingerprint density at radius 2 is 2.21 bits per heavy atom. The zero-order chi connectivity index (χ0) is 20.5. The molecule has 0 saturated heterocycles. The Hall–Kier alpha value is -2.30. The predicted molar refractivity (Wildman–Crippen MR) is 102 cm³/mol. The van der Waals surface area contributed by atoms with E-state index in [9.17, 15) is 17.6 Å². The van der Waals surface area contributed by atoms with Crippen molar-refractivity contribution in [2.24, 2.45) is 5.92 Å². The summed E-state index contributed by atoms with van der Waals surface area (Å²) in [6.07, 6.45) is 2.35. The summed E-state index contributed by atoms with van der Waals surface area (Å²) in [5.74, 6) is -1.89. The van der Waals surface area contributed by atoms with Gasteiger partial charge in [0, 0.05) is 13.1 Å². The average molecular weight is 429 g/mol. The number of hydrogen-bond donors (Lipinski definition) is 2. The zero-order valence-electron chi connectivity index (χ0n) is 14.9. The molecule has 0 radical (unpaired) electrons. The number of carboxylic acid groups (broad SMARTS) is 1. The Labute approximate surface area is 166 Å². The molecule has 0 spiro atoms. The molecular formula is C17H18ClFN4O4S. The van der Waals surface area contributed by atoms with Gasteiger partial charge in [-0.25, -0.2) is 22.8 Å². The van der Waals surface area contributed by atoms with Crippen LogP contribution in [-0.4, -0.2) is 57.6 Å². The smallest absolute Gasteiger partial charge is 0.304 e. The molecule has 0 bridgehead atoms. The number of hydrogen-bond acceptors (Lipinski definition) is 5. The Balaban J connectivity index is 1.82. The molecule has 2 aromatic heterocycles. The Morgan fingerprint density at radius 3 is 2.82 bits per heavy atom. The van der Waals surface area contributed by atoms with Crippen LogP contribution in [0.15, 0.2) is 24.4 Å². The van der Waals surface area contributed by atoms with Gasteiger partial charge in [0.05, 0.1) is 18.4 Å². The third-order valence-corrected chi connectivity index (χ3v) is 6.47. The van der Waals surface area contributed by atoms with Gasteiger partial charge in [-0.15, -0.1) is 0 Å². The van der Waals surface area contributed by atoms with E-state index in [2.05, 4.69) is 15.0 Å². The molecule has 2 aromatic rings. The average Bonchev–Trinajstić information content (AvgIpc) is 3.02. The first-order valence-corrected chi connectivity index (χ1v) is 10.4. The van der Waals surface area contributed by atoms with Crippen molar-refractivity contribution in [1.82, 2.24) is 19.3 Å². The number of aromatic amines is 1. The number of aromatic nitrogens is 3. The molecule has 2 N–H and O–H groups in total. The van der Waals surface area contributed by atoms with Crippen molar-refractivity contribution in [2.45, 2.75) is 13.3 Å². The molecule has 0 amide bonds. The summed E-state index contributed by atoms with van der Waals surface area (Å²) < 4.78 is 38.9. The van der Waals surface area contributed by atoms with Crippen LogP contribution in [0.1, 0.15) is 19.0 Å². The lowest BCUT2D eigenvalue weighted by Gasteiger charge is -2.29. The largest absolute Gasteiger partial charge is 0.481 e. The van der Waals surface area contributed by atoms with Crippen LogP contribution in [0, 0.1) is 11.7 Å². The van der Waals surface area contributed by atoms with Crippen molar-refractivity contribution in [1.29, 1.82) is 0 Å². The number of nitrogens with one attached hydrogen (secondary N) is 1. The SMILES string of the molecule is C[C@@H]1CN(S(=O)(=O)CCC(=O)O)CC=C1c1nc(-c2ccc(F)cn2)[nH]c1Cl. The minimum atomic E-state index is -3.67. The molecule has 3 heterocycles. The first-order valence-electron chi connectivity index (χ1n) is 8.45. The van der Waals surface area contributed by atoms with Gasteiger partial charge < -0.3 is 10.1 Å². The van der Waals surface area contributed by atoms with E-state index in [0.29, 0.717) is 17.2 Å². The van der Waals surface area contributed by atoms with Gasteiger partial charge in [0.2, 0.25) is 10.0 Å². The first-order chi connectivity index (χ1) is 13.2. The molecule has 11 heteroatoms. The molecule has 0 unspecified atom stereocenters. The highest BCUT2D eigenvalue weighted by Gasteiger charge is 2.30. The fraction of sp³-hybridized carbons (Fsp3) is 0.353. The second-order valence-corrected chi connectivity index (χ2v) is 8.91. The molecule has 28 heavy (non-hydrogen) atoms. The van der Waals surface area contributed by atoms with Gasteiger partial charge in [-0.3, -0.25) is 4.79 Å². The maximum atomic E-state index is 13.0. The minimum Gasteiger partial charge on any atom is -0.481 e. The summed E-state index contributed by atoms with van der Waals surface area (Å²) in [6, 6.07) is 2.74. The molecule has 1 aliphatic rings. The summed E-state index contributed by atoms with van der Waals surface area (Å²) in [5, 5.41) is 8.99. The quantitative estimate of drug-likeness (QED) is 0.729. The van der Waals surface area contributed by atoms with Crippen LogP contribution in [0.2, 0.25) is 5.15 Å². The van der Waals surface area contributed by atoms with Crippen molar-refractivity contribution in [3.63, 3.8) is 0 Å². The molecule has 0 saturated carbocycles. The van der Waals surface area contributed by atoms with Gasteiger partial charge in [-0.2, -0.15) is 4.31 Å². The van der Waals surface area contributed by atoms with Gasteiger partial charge in [0.15, 0.2) is 5.82 Å². The summed E-state index contributed by atoms with van der Waals surface area (Å²) in [6.45, 7) is 2.14. The first kappa shape index (κ1) is 20.4. The standard InChI is InChI=1S/C17H18ClFN4O4S/c1-10-9-23(28(26,27)7-5-14(24)25)6-4-12(10)15-16(18)22-17(21-15)13-3-2-11(19)8-20-13/h2-4,8,10H,5-7,9H2,1H3,(H,21,22)(H,24,25)/t10-/m1/s1. The number of sulfonamides is 1. The van der Waals surface area contributed by atoms with E-state index in [0.717, 1.165) is 11.8 Å². The van der Waals surface area contributed by atoms with Crippen molar-refractivity contribution < 1.29 is 22.7 Å². The number of pyridine rings is 1. The summed E-state index contributed by atoms with van der Waals surface area (Å²) >= 11 is 6.28. The lowest BCUT2D eigenvalue weighted by Crippen LogP contribution is -2.39. The third kappa shape index (κ3) is 4.40. The number of nitrogens with zero attached hydrogens (tertiary/aromatic N) is 3. The molecule has 8 nitrogen and oxygen atoms in total. The second kappa shape index (κ2) is 7.98. The van der Waals surface area contributed by atoms with E-state index in [1.54, 1.807) is 6.08 Å². The lowest BCUT2D eigenvalue weighted by atomic mass is 9.95. The molecule has 1 atom stereocenters. The van der Waals surface area contributed by atoms with E-state index in [-0.39, 0.29) is 24.2 Å². The van der Waals surface area contributed by atoms with Gasteiger partial charge in [0.1, 0.15) is 22.4 Å². The lowest BCUT2D eigenvalue weighted by molar-refractivity contribution is -0.136. The summed E-state index contributed by atoms with van der Waals surface area (Å²) in [7, 11) is -3.67. The number of imidazole rings is 1. The van der Waals surface area contributed by atoms with Gasteiger partial charge >= 0.3 is 5.97 Å². The molecule has 0 aliphatic carbocycles. The third-order valence-electron chi connectivity index (χ3n) is 4.39. The molecule has 3 rings (SSSR count). The summed E-state index contributed by atoms with van der Waals surface area (Å²) in [4.78, 5) is 22.0. The van der Waals surface area contributed by atoms with E-state index in [4.69, 9.17) is 16.7 Å². The Morgan fingerprint density at radius 1 is 1.46 bits per heavy atom. The fourth-order valence-electron chi connectivity index (χ4n) is 2.96. The van der Waals surface area contributed by atoms with E-state index in [1.807, 2.05) is 6.92 Å². The van der Waals surface area contributed by atoms with Gasteiger partial charge in [-0.05, 0) is 23.6 Å². The van der Waals surface area contributed by atoms with E-state index >= 15 is 0 Å². The topological polar surface area (TPSA) is 116 Å². The summed E-state index contributed by atoms with van der Waals surface area (Å²) in [5.41, 5.74) is 1.69. The Bertz CT molecular complexity index is 1020. The van der Waals surface area contributed by atoms with E-state index < -0.39 is 34.0 Å². The minimum absolute atomic E-state index is 0.106. The molecular weight excluding hydrogens is 411 g/mol. The number of carbonyl (C=O) groups is 1. The highest BCUT2D eigenvalue weighted by Crippen LogP contribution is 2.33.